The number of nitrogens with zero attached hydrogens (tertiary/aromatic N) is 2. The average Bonchev–Trinajstić information content (AvgIpc) is 2.85. The van der Waals surface area contributed by atoms with Crippen molar-refractivity contribution in [2.75, 3.05) is 53.5 Å². The van der Waals surface area contributed by atoms with Crippen molar-refractivity contribution in [3.8, 4) is 11.5 Å². The zero-order valence-electron chi connectivity index (χ0n) is 22.0. The molecule has 4 rings (SSSR count). The third kappa shape index (κ3) is 7.71. The molecule has 1 heterocycles. The summed E-state index contributed by atoms with van der Waals surface area (Å²) < 4.78 is 11.9. The zero-order chi connectivity index (χ0) is 24.6. The van der Waals surface area contributed by atoms with E-state index in [-0.39, 0.29) is 0 Å². The van der Waals surface area contributed by atoms with Gasteiger partial charge in [-0.1, -0.05) is 50.2 Å². The summed E-state index contributed by atoms with van der Waals surface area (Å²) >= 11 is 0. The van der Waals surface area contributed by atoms with Crippen molar-refractivity contribution < 1.29 is 9.47 Å². The molecule has 0 amide bonds. The van der Waals surface area contributed by atoms with Crippen molar-refractivity contribution in [1.29, 1.82) is 0 Å². The lowest BCUT2D eigenvalue weighted by Gasteiger charge is -2.32. The number of likely N-dealkylation sites (N-methyl/N-ethyl adjacent to an activating group) is 1. The number of benzene rings is 3. The molecule has 188 valence electrons. The van der Waals surface area contributed by atoms with E-state index in [1.54, 1.807) is 0 Å². The summed E-state index contributed by atoms with van der Waals surface area (Å²) in [6.07, 6.45) is 3.70. The molecule has 0 atom stereocenters. The SMILES string of the molecule is CC(C)c1ccc(OCCN2CCC(Cc3ccc4cc(OCCN(C)C)ccc4c3)CC2)cc1. The highest BCUT2D eigenvalue weighted by Gasteiger charge is 2.19. The van der Waals surface area contributed by atoms with Crippen LogP contribution in [0.25, 0.3) is 10.8 Å². The topological polar surface area (TPSA) is 24.9 Å². The molecule has 3 aromatic carbocycles. The standard InChI is InChI=1S/C31H42N2O2/c1-24(2)27-7-10-30(11-8-27)34-20-18-33-15-13-25(14-16-33)21-26-5-6-29-23-31(12-9-28(29)22-26)35-19-17-32(3)4/h5-12,22-25H,13-21H2,1-4H3. The van der Waals surface area contributed by atoms with Gasteiger partial charge >= 0.3 is 0 Å². The normalized spacial score (nSPS) is 15.3. The van der Waals surface area contributed by atoms with Crippen molar-refractivity contribution in [3.63, 3.8) is 0 Å². The third-order valence-electron chi connectivity index (χ3n) is 7.14. The number of fused-ring (bicyclic) bond motifs is 1. The molecule has 0 unspecified atom stereocenters. The molecular formula is C31H42N2O2. The number of rotatable bonds is 11. The average molecular weight is 475 g/mol. The highest BCUT2D eigenvalue weighted by Crippen LogP contribution is 2.26. The van der Waals surface area contributed by atoms with Crippen LogP contribution >= 0.6 is 0 Å². The molecule has 0 aliphatic carbocycles. The fourth-order valence-electron chi connectivity index (χ4n) is 4.83. The molecule has 0 N–H and O–H groups in total. The molecule has 0 bridgehead atoms. The van der Waals surface area contributed by atoms with Gasteiger partial charge in [0.25, 0.3) is 0 Å². The first kappa shape index (κ1) is 25.5. The Labute approximate surface area is 211 Å². The maximum absolute atomic E-state index is 5.99. The van der Waals surface area contributed by atoms with Gasteiger partial charge in [-0.15, -0.1) is 0 Å². The maximum atomic E-state index is 5.99. The van der Waals surface area contributed by atoms with Gasteiger partial charge in [-0.25, -0.2) is 0 Å². The van der Waals surface area contributed by atoms with Crippen molar-refractivity contribution >= 4 is 10.8 Å². The van der Waals surface area contributed by atoms with Crippen LogP contribution in [0.1, 0.15) is 43.7 Å². The van der Waals surface area contributed by atoms with E-state index in [9.17, 15) is 0 Å². The van der Waals surface area contributed by atoms with Crippen LogP contribution in [0.2, 0.25) is 0 Å². The second-order valence-corrected chi connectivity index (χ2v) is 10.6. The number of ether oxygens (including phenoxy) is 2. The van der Waals surface area contributed by atoms with Crippen molar-refractivity contribution in [1.82, 2.24) is 9.80 Å². The summed E-state index contributed by atoms with van der Waals surface area (Å²) in [4.78, 5) is 4.69. The Bertz CT molecular complexity index is 1050. The van der Waals surface area contributed by atoms with E-state index in [1.165, 1.54) is 54.3 Å². The van der Waals surface area contributed by atoms with Gasteiger partial charge in [-0.2, -0.15) is 0 Å². The van der Waals surface area contributed by atoms with Crippen molar-refractivity contribution in [2.24, 2.45) is 5.92 Å². The van der Waals surface area contributed by atoms with Crippen molar-refractivity contribution in [3.05, 3.63) is 71.8 Å². The molecule has 0 spiro atoms. The Morgan fingerprint density at radius 2 is 1.49 bits per heavy atom. The Morgan fingerprint density at radius 3 is 2.20 bits per heavy atom. The van der Waals surface area contributed by atoms with E-state index in [4.69, 9.17) is 9.47 Å². The molecule has 1 saturated heterocycles. The van der Waals surface area contributed by atoms with Gasteiger partial charge in [0.2, 0.25) is 0 Å². The summed E-state index contributed by atoms with van der Waals surface area (Å²) in [7, 11) is 4.13. The van der Waals surface area contributed by atoms with E-state index < -0.39 is 0 Å². The van der Waals surface area contributed by atoms with Crippen LogP contribution < -0.4 is 9.47 Å². The van der Waals surface area contributed by atoms with Crippen LogP contribution in [-0.4, -0.2) is 63.3 Å². The zero-order valence-corrected chi connectivity index (χ0v) is 22.0. The molecule has 35 heavy (non-hydrogen) atoms. The molecule has 3 aromatic rings. The summed E-state index contributed by atoms with van der Waals surface area (Å²) in [6.45, 7) is 10.2. The van der Waals surface area contributed by atoms with Gasteiger partial charge in [0.05, 0.1) is 0 Å². The highest BCUT2D eigenvalue weighted by molar-refractivity contribution is 5.84. The smallest absolute Gasteiger partial charge is 0.120 e. The lowest BCUT2D eigenvalue weighted by Crippen LogP contribution is -2.37. The van der Waals surface area contributed by atoms with Crippen LogP contribution in [0.5, 0.6) is 11.5 Å². The van der Waals surface area contributed by atoms with Gasteiger partial charge in [0.15, 0.2) is 0 Å². The van der Waals surface area contributed by atoms with Gasteiger partial charge < -0.3 is 14.4 Å². The highest BCUT2D eigenvalue weighted by atomic mass is 16.5. The summed E-state index contributed by atoms with van der Waals surface area (Å²) in [5.74, 6) is 3.26. The quantitative estimate of drug-likeness (QED) is 0.329. The fraction of sp³-hybridized carbons (Fsp3) is 0.484. The predicted octanol–water partition coefficient (Wildman–Crippen LogP) is 6.24. The molecule has 0 radical (unpaired) electrons. The van der Waals surface area contributed by atoms with Crippen LogP contribution in [0, 0.1) is 5.92 Å². The third-order valence-corrected chi connectivity index (χ3v) is 7.14. The first-order chi connectivity index (χ1) is 17.0. The fourth-order valence-corrected chi connectivity index (χ4v) is 4.83. The maximum Gasteiger partial charge on any atom is 0.120 e. The van der Waals surface area contributed by atoms with E-state index in [2.05, 4.69) is 98.4 Å². The lowest BCUT2D eigenvalue weighted by atomic mass is 9.89. The van der Waals surface area contributed by atoms with Gasteiger partial charge in [0.1, 0.15) is 24.7 Å². The minimum absolute atomic E-state index is 0.561. The van der Waals surface area contributed by atoms with E-state index >= 15 is 0 Å². The Balaban J connectivity index is 1.19. The van der Waals surface area contributed by atoms with Crippen molar-refractivity contribution in [2.45, 2.75) is 39.0 Å². The van der Waals surface area contributed by atoms with Gasteiger partial charge in [-0.3, -0.25) is 4.90 Å². The summed E-state index contributed by atoms with van der Waals surface area (Å²) in [5, 5.41) is 2.56. The van der Waals surface area contributed by atoms with E-state index in [1.807, 2.05) is 0 Å². The minimum Gasteiger partial charge on any atom is -0.492 e. The Morgan fingerprint density at radius 1 is 0.829 bits per heavy atom. The first-order valence-electron chi connectivity index (χ1n) is 13.2. The predicted molar refractivity (Wildman–Crippen MR) is 147 cm³/mol. The lowest BCUT2D eigenvalue weighted by molar-refractivity contribution is 0.155. The number of hydrogen-bond acceptors (Lipinski definition) is 4. The first-order valence-corrected chi connectivity index (χ1v) is 13.2. The van der Waals surface area contributed by atoms with Crippen LogP contribution in [-0.2, 0) is 6.42 Å². The Hall–Kier alpha value is -2.56. The number of piperidine rings is 1. The van der Waals surface area contributed by atoms with Gasteiger partial charge in [0, 0.05) is 13.1 Å². The molecule has 1 fully saturated rings. The second kappa shape index (κ2) is 12.4. The second-order valence-electron chi connectivity index (χ2n) is 10.6. The summed E-state index contributed by atoms with van der Waals surface area (Å²) in [6, 6.07) is 21.9. The number of likely N-dealkylation sites (tertiary alicyclic amines) is 1. The molecule has 1 aliphatic rings. The van der Waals surface area contributed by atoms with Crippen LogP contribution in [0.4, 0.5) is 0 Å². The summed E-state index contributed by atoms with van der Waals surface area (Å²) in [5.41, 5.74) is 2.81. The van der Waals surface area contributed by atoms with Crippen LogP contribution in [0.15, 0.2) is 60.7 Å². The molecule has 0 aromatic heterocycles. The minimum atomic E-state index is 0.561. The molecule has 0 saturated carbocycles. The molecular weight excluding hydrogens is 432 g/mol. The van der Waals surface area contributed by atoms with Crippen LogP contribution in [0.3, 0.4) is 0 Å². The monoisotopic (exact) mass is 474 g/mol. The largest absolute Gasteiger partial charge is 0.492 e. The van der Waals surface area contributed by atoms with E-state index in [0.717, 1.165) is 37.1 Å². The van der Waals surface area contributed by atoms with E-state index in [0.29, 0.717) is 12.5 Å². The molecule has 1 aliphatic heterocycles. The molecule has 4 nitrogen and oxygen atoms in total. The number of hydrogen-bond donors (Lipinski definition) is 0. The van der Waals surface area contributed by atoms with Gasteiger partial charge in [-0.05, 0) is 104 Å². The Kier molecular flexibility index (Phi) is 9.06. The molecule has 4 heteroatoms.